The van der Waals surface area contributed by atoms with E-state index >= 15 is 0 Å². The Morgan fingerprint density at radius 3 is 2.91 bits per heavy atom. The Labute approximate surface area is 65.4 Å². The molecular formula is C9H10O2. The Hall–Kier alpha value is -1.02. The highest BCUT2D eigenvalue weighted by Crippen LogP contribution is 2.33. The first-order valence-corrected chi connectivity index (χ1v) is 3.68. The van der Waals surface area contributed by atoms with Crippen LogP contribution in [-0.2, 0) is 4.74 Å². The summed E-state index contributed by atoms with van der Waals surface area (Å²) in [6, 6.07) is 5.38. The van der Waals surface area contributed by atoms with Crippen molar-refractivity contribution in [1.29, 1.82) is 0 Å². The number of benzene rings is 1. The molecule has 1 heterocycles. The molecule has 1 fully saturated rings. The van der Waals surface area contributed by atoms with Gasteiger partial charge in [0.2, 0.25) is 0 Å². The van der Waals surface area contributed by atoms with Gasteiger partial charge < -0.3 is 9.84 Å². The first-order valence-electron chi connectivity index (χ1n) is 3.68. The number of phenols is 1. The molecule has 1 saturated heterocycles. The monoisotopic (exact) mass is 150 g/mol. The molecule has 1 aliphatic heterocycles. The van der Waals surface area contributed by atoms with Gasteiger partial charge in [-0.2, -0.15) is 0 Å². The van der Waals surface area contributed by atoms with Gasteiger partial charge in [-0.05, 0) is 30.2 Å². The minimum absolute atomic E-state index is 0.238. The average Bonchev–Trinajstić information content (AvgIpc) is 2.76. The summed E-state index contributed by atoms with van der Waals surface area (Å²) in [4.78, 5) is 0. The minimum atomic E-state index is 0.238. The molecule has 0 aromatic heterocycles. The van der Waals surface area contributed by atoms with Crippen molar-refractivity contribution in [2.45, 2.75) is 13.0 Å². The molecule has 1 aliphatic rings. The maximum Gasteiger partial charge on any atom is 0.115 e. The van der Waals surface area contributed by atoms with E-state index in [0.717, 1.165) is 12.2 Å². The zero-order valence-electron chi connectivity index (χ0n) is 6.37. The van der Waals surface area contributed by atoms with Gasteiger partial charge in [0.1, 0.15) is 11.9 Å². The molecule has 2 nitrogen and oxygen atoms in total. The third-order valence-corrected chi connectivity index (χ3v) is 1.94. The van der Waals surface area contributed by atoms with Crippen LogP contribution < -0.4 is 0 Å². The lowest BCUT2D eigenvalue weighted by Gasteiger charge is -2.01. The quantitative estimate of drug-likeness (QED) is 0.619. The highest BCUT2D eigenvalue weighted by atomic mass is 16.6. The number of aromatic hydroxyl groups is 1. The lowest BCUT2D eigenvalue weighted by Crippen LogP contribution is -1.85. The highest BCUT2D eigenvalue weighted by Gasteiger charge is 2.26. The molecular weight excluding hydrogens is 140 g/mol. The van der Waals surface area contributed by atoms with E-state index in [1.165, 1.54) is 5.56 Å². The first kappa shape index (κ1) is 6.68. The van der Waals surface area contributed by atoms with Crippen molar-refractivity contribution in [1.82, 2.24) is 0 Å². The minimum Gasteiger partial charge on any atom is -0.508 e. The largest absolute Gasteiger partial charge is 0.508 e. The van der Waals surface area contributed by atoms with Crippen LogP contribution in [0.2, 0.25) is 0 Å². The Balaban J connectivity index is 2.42. The topological polar surface area (TPSA) is 32.8 Å². The van der Waals surface area contributed by atoms with Crippen LogP contribution in [0, 0.1) is 6.92 Å². The van der Waals surface area contributed by atoms with E-state index in [1.807, 2.05) is 13.0 Å². The van der Waals surface area contributed by atoms with Gasteiger partial charge in [-0.3, -0.25) is 0 Å². The van der Waals surface area contributed by atoms with Crippen molar-refractivity contribution in [2.75, 3.05) is 6.61 Å². The molecule has 0 saturated carbocycles. The van der Waals surface area contributed by atoms with Crippen LogP contribution >= 0.6 is 0 Å². The van der Waals surface area contributed by atoms with E-state index in [0.29, 0.717) is 5.75 Å². The summed E-state index contributed by atoms with van der Waals surface area (Å²) in [5.41, 5.74) is 2.30. The van der Waals surface area contributed by atoms with Crippen LogP contribution in [0.1, 0.15) is 17.2 Å². The maximum absolute atomic E-state index is 9.16. The molecule has 0 bridgehead atoms. The number of rotatable bonds is 1. The van der Waals surface area contributed by atoms with E-state index in [4.69, 9.17) is 9.84 Å². The smallest absolute Gasteiger partial charge is 0.115 e. The normalized spacial score (nSPS) is 21.7. The number of ether oxygens (including phenoxy) is 1. The SMILES string of the molecule is Cc1ccc(O)cc1C1CO1. The molecule has 0 radical (unpaired) electrons. The Morgan fingerprint density at radius 2 is 2.27 bits per heavy atom. The summed E-state index contributed by atoms with van der Waals surface area (Å²) >= 11 is 0. The molecule has 0 aliphatic carbocycles. The van der Waals surface area contributed by atoms with Gasteiger partial charge in [-0.1, -0.05) is 6.07 Å². The summed E-state index contributed by atoms with van der Waals surface area (Å²) in [5.74, 6) is 0.320. The number of aryl methyl sites for hydroxylation is 1. The molecule has 58 valence electrons. The molecule has 0 amide bonds. The van der Waals surface area contributed by atoms with Crippen LogP contribution in [0.4, 0.5) is 0 Å². The van der Waals surface area contributed by atoms with Crippen molar-refractivity contribution in [3.8, 4) is 5.75 Å². The molecule has 1 unspecified atom stereocenters. The van der Waals surface area contributed by atoms with E-state index in [1.54, 1.807) is 12.1 Å². The summed E-state index contributed by atoms with van der Waals surface area (Å²) in [7, 11) is 0. The van der Waals surface area contributed by atoms with Gasteiger partial charge in [-0.15, -0.1) is 0 Å². The highest BCUT2D eigenvalue weighted by molar-refractivity contribution is 5.36. The van der Waals surface area contributed by atoms with Gasteiger partial charge in [0.25, 0.3) is 0 Å². The zero-order chi connectivity index (χ0) is 7.84. The molecule has 2 rings (SSSR count). The fourth-order valence-corrected chi connectivity index (χ4v) is 1.20. The van der Waals surface area contributed by atoms with E-state index in [2.05, 4.69) is 0 Å². The third-order valence-electron chi connectivity index (χ3n) is 1.94. The second kappa shape index (κ2) is 2.24. The number of hydrogen-bond acceptors (Lipinski definition) is 2. The van der Waals surface area contributed by atoms with Crippen molar-refractivity contribution in [2.24, 2.45) is 0 Å². The van der Waals surface area contributed by atoms with E-state index < -0.39 is 0 Å². The first-order chi connectivity index (χ1) is 5.27. The number of phenolic OH excluding ortho intramolecular Hbond substituents is 1. The summed E-state index contributed by atoms with van der Waals surface area (Å²) in [6.07, 6.45) is 0.238. The predicted octanol–water partition coefficient (Wildman–Crippen LogP) is 1.77. The van der Waals surface area contributed by atoms with E-state index in [9.17, 15) is 0 Å². The number of hydrogen-bond donors (Lipinski definition) is 1. The molecule has 1 aromatic rings. The van der Waals surface area contributed by atoms with Crippen LogP contribution in [0.15, 0.2) is 18.2 Å². The number of epoxide rings is 1. The maximum atomic E-state index is 9.16. The molecule has 2 heteroatoms. The van der Waals surface area contributed by atoms with Crippen LogP contribution in [-0.4, -0.2) is 11.7 Å². The van der Waals surface area contributed by atoms with Crippen LogP contribution in [0.25, 0.3) is 0 Å². The molecule has 11 heavy (non-hydrogen) atoms. The van der Waals surface area contributed by atoms with Crippen molar-refractivity contribution in [3.05, 3.63) is 29.3 Å². The fraction of sp³-hybridized carbons (Fsp3) is 0.333. The molecule has 1 aromatic carbocycles. The van der Waals surface area contributed by atoms with Crippen LogP contribution in [0.5, 0.6) is 5.75 Å². The molecule has 1 atom stereocenters. The van der Waals surface area contributed by atoms with Crippen molar-refractivity contribution < 1.29 is 9.84 Å². The summed E-state index contributed by atoms with van der Waals surface area (Å²) in [5, 5.41) is 9.16. The van der Waals surface area contributed by atoms with Gasteiger partial charge in [0.15, 0.2) is 0 Å². The van der Waals surface area contributed by atoms with Gasteiger partial charge in [0.05, 0.1) is 6.61 Å². The summed E-state index contributed by atoms with van der Waals surface area (Å²) in [6.45, 7) is 2.82. The van der Waals surface area contributed by atoms with Gasteiger partial charge in [-0.25, -0.2) is 0 Å². The standard InChI is InChI=1S/C9H10O2/c1-6-2-3-7(10)4-8(6)9-5-11-9/h2-4,9-10H,5H2,1H3. The Bertz CT molecular complexity index is 277. The predicted molar refractivity (Wildman–Crippen MR) is 41.5 cm³/mol. The second-order valence-electron chi connectivity index (χ2n) is 2.86. The van der Waals surface area contributed by atoms with Gasteiger partial charge in [0, 0.05) is 0 Å². The summed E-state index contributed by atoms with van der Waals surface area (Å²) < 4.78 is 5.12. The van der Waals surface area contributed by atoms with Crippen LogP contribution in [0.3, 0.4) is 0 Å². The molecule has 1 N–H and O–H groups in total. The lowest BCUT2D eigenvalue weighted by atomic mass is 10.1. The lowest BCUT2D eigenvalue weighted by molar-refractivity contribution is 0.413. The zero-order valence-corrected chi connectivity index (χ0v) is 6.37. The second-order valence-corrected chi connectivity index (χ2v) is 2.86. The van der Waals surface area contributed by atoms with Crippen molar-refractivity contribution in [3.63, 3.8) is 0 Å². The molecule has 0 spiro atoms. The van der Waals surface area contributed by atoms with E-state index in [-0.39, 0.29) is 6.10 Å². The van der Waals surface area contributed by atoms with Gasteiger partial charge >= 0.3 is 0 Å². The van der Waals surface area contributed by atoms with Crippen molar-refractivity contribution >= 4 is 0 Å². The fourth-order valence-electron chi connectivity index (χ4n) is 1.20. The third kappa shape index (κ3) is 1.21. The Kier molecular flexibility index (Phi) is 1.36. The average molecular weight is 150 g/mol. The Morgan fingerprint density at radius 1 is 1.55 bits per heavy atom.